The van der Waals surface area contributed by atoms with Crippen LogP contribution in [0, 0.1) is 0 Å². The molecule has 0 saturated heterocycles. The second kappa shape index (κ2) is 5.82. The maximum Gasteiger partial charge on any atom is 0.314 e. The van der Waals surface area contributed by atoms with Gasteiger partial charge in [-0.15, -0.1) is 0 Å². The van der Waals surface area contributed by atoms with Crippen LogP contribution in [0.5, 0.6) is 0 Å². The van der Waals surface area contributed by atoms with Crippen molar-refractivity contribution in [1.29, 1.82) is 0 Å². The van der Waals surface area contributed by atoms with Gasteiger partial charge in [0, 0.05) is 0 Å². The van der Waals surface area contributed by atoms with Crippen molar-refractivity contribution in [2.75, 3.05) is 0 Å². The Kier molecular flexibility index (Phi) is 3.92. The molecule has 90 valence electrons. The molecule has 1 atom stereocenters. The summed E-state index contributed by atoms with van der Waals surface area (Å²) in [5, 5.41) is 9.25. The van der Waals surface area contributed by atoms with Gasteiger partial charge in [0.2, 0.25) is 0 Å². The lowest BCUT2D eigenvalue weighted by molar-refractivity contribution is -0.137. The highest BCUT2D eigenvalue weighted by molar-refractivity contribution is 5.80. The molecule has 1 N–H and O–H groups in total. The number of hydrogen-bond donors (Lipinski definition) is 1. The molecule has 2 heteroatoms. The van der Waals surface area contributed by atoms with E-state index in [1.54, 1.807) is 6.08 Å². The number of carboxylic acids is 1. The van der Waals surface area contributed by atoms with Crippen molar-refractivity contribution in [2.24, 2.45) is 0 Å². The number of rotatable bonds is 4. The van der Waals surface area contributed by atoms with Crippen molar-refractivity contribution in [2.45, 2.75) is 5.92 Å². The molecule has 2 aromatic rings. The summed E-state index contributed by atoms with van der Waals surface area (Å²) in [7, 11) is 0. The molecule has 2 aromatic carbocycles. The van der Waals surface area contributed by atoms with E-state index >= 15 is 0 Å². The smallest absolute Gasteiger partial charge is 0.314 e. The summed E-state index contributed by atoms with van der Waals surface area (Å²) in [6.45, 7) is 0. The Hall–Kier alpha value is -2.35. The van der Waals surface area contributed by atoms with Gasteiger partial charge < -0.3 is 5.11 Å². The average Bonchev–Trinajstić information content (AvgIpc) is 2.41. The molecule has 2 nitrogen and oxygen atoms in total. The van der Waals surface area contributed by atoms with Crippen LogP contribution in [0.4, 0.5) is 0 Å². The molecule has 18 heavy (non-hydrogen) atoms. The fraction of sp³-hybridized carbons (Fsp3) is 0.0625. The third-order valence-corrected chi connectivity index (χ3v) is 2.71. The third-order valence-electron chi connectivity index (χ3n) is 2.71. The maximum atomic E-state index is 11.3. The van der Waals surface area contributed by atoms with Crippen molar-refractivity contribution in [3.63, 3.8) is 0 Å². The van der Waals surface area contributed by atoms with Crippen LogP contribution in [0.1, 0.15) is 17.0 Å². The van der Waals surface area contributed by atoms with Crippen molar-refractivity contribution in [3.05, 3.63) is 77.9 Å². The first kappa shape index (κ1) is 12.1. The predicted octanol–water partition coefficient (Wildman–Crippen LogP) is 3.57. The first-order chi connectivity index (χ1) is 8.77. The van der Waals surface area contributed by atoms with Gasteiger partial charge in [0.15, 0.2) is 0 Å². The van der Waals surface area contributed by atoms with Crippen molar-refractivity contribution in [1.82, 2.24) is 0 Å². The number of hydrogen-bond acceptors (Lipinski definition) is 1. The zero-order valence-electron chi connectivity index (χ0n) is 9.86. The molecule has 0 heterocycles. The quantitative estimate of drug-likeness (QED) is 0.884. The highest BCUT2D eigenvalue weighted by atomic mass is 16.4. The molecule has 0 aromatic heterocycles. The van der Waals surface area contributed by atoms with Crippen LogP contribution in [0.2, 0.25) is 0 Å². The summed E-state index contributed by atoms with van der Waals surface area (Å²) < 4.78 is 0. The van der Waals surface area contributed by atoms with Gasteiger partial charge in [0.25, 0.3) is 0 Å². The van der Waals surface area contributed by atoms with Gasteiger partial charge in [0.05, 0.1) is 0 Å². The molecule has 0 amide bonds. The van der Waals surface area contributed by atoms with Crippen LogP contribution >= 0.6 is 0 Å². The molecular weight excluding hydrogens is 224 g/mol. The number of aliphatic carboxylic acids is 1. The predicted molar refractivity (Wildman–Crippen MR) is 72.3 cm³/mol. The number of carbonyl (C=O) groups is 1. The second-order valence-corrected chi connectivity index (χ2v) is 4.00. The second-order valence-electron chi connectivity index (χ2n) is 4.00. The van der Waals surface area contributed by atoms with Crippen LogP contribution in [0.3, 0.4) is 0 Å². The van der Waals surface area contributed by atoms with Crippen LogP contribution < -0.4 is 0 Å². The standard InChI is InChI=1S/C16H14O2/c17-16(18)15(14-9-5-2-6-10-14)12-11-13-7-3-1-4-8-13/h1-12,15H,(H,17,18)/b12-11+. The largest absolute Gasteiger partial charge is 0.481 e. The molecule has 0 spiro atoms. The van der Waals surface area contributed by atoms with E-state index in [0.717, 1.165) is 11.1 Å². The lowest BCUT2D eigenvalue weighted by Crippen LogP contribution is -2.08. The SMILES string of the molecule is O=C(O)C(/C=C/c1ccccc1)c1ccccc1. The summed E-state index contributed by atoms with van der Waals surface area (Å²) in [4.78, 5) is 11.3. The highest BCUT2D eigenvalue weighted by Gasteiger charge is 2.15. The van der Waals surface area contributed by atoms with Crippen LogP contribution in [0.25, 0.3) is 6.08 Å². The van der Waals surface area contributed by atoms with Crippen LogP contribution in [0.15, 0.2) is 66.7 Å². The lowest BCUT2D eigenvalue weighted by atomic mass is 9.98. The van der Waals surface area contributed by atoms with Gasteiger partial charge in [-0.05, 0) is 11.1 Å². The van der Waals surface area contributed by atoms with Gasteiger partial charge in [-0.25, -0.2) is 0 Å². The monoisotopic (exact) mass is 238 g/mol. The minimum absolute atomic E-state index is 0.605. The summed E-state index contributed by atoms with van der Waals surface area (Å²) in [6.07, 6.45) is 3.55. The average molecular weight is 238 g/mol. The van der Waals surface area contributed by atoms with Crippen molar-refractivity contribution in [3.8, 4) is 0 Å². The zero-order chi connectivity index (χ0) is 12.8. The van der Waals surface area contributed by atoms with Crippen LogP contribution in [-0.4, -0.2) is 11.1 Å². The Balaban J connectivity index is 2.23. The van der Waals surface area contributed by atoms with Crippen LogP contribution in [-0.2, 0) is 4.79 Å². The molecule has 0 aliphatic heterocycles. The molecule has 0 bridgehead atoms. The van der Waals surface area contributed by atoms with E-state index in [9.17, 15) is 9.90 Å². The van der Waals surface area contributed by atoms with Crippen molar-refractivity contribution >= 4 is 12.0 Å². The Labute approximate surface area is 106 Å². The Morgan fingerprint density at radius 1 is 0.944 bits per heavy atom. The molecule has 0 fully saturated rings. The first-order valence-corrected chi connectivity index (χ1v) is 5.78. The topological polar surface area (TPSA) is 37.3 Å². The summed E-state index contributed by atoms with van der Waals surface area (Å²) in [5.41, 5.74) is 1.79. The molecule has 1 unspecified atom stereocenters. The Morgan fingerprint density at radius 3 is 2.06 bits per heavy atom. The summed E-state index contributed by atoms with van der Waals surface area (Å²) in [6, 6.07) is 18.9. The molecule has 2 rings (SSSR count). The normalized spacial score (nSPS) is 12.4. The molecule has 0 saturated carbocycles. The van der Waals surface area contributed by atoms with E-state index in [1.165, 1.54) is 0 Å². The minimum Gasteiger partial charge on any atom is -0.481 e. The summed E-state index contributed by atoms with van der Waals surface area (Å²) >= 11 is 0. The maximum absolute atomic E-state index is 11.3. The fourth-order valence-electron chi connectivity index (χ4n) is 1.77. The Bertz CT molecular complexity index is 530. The van der Waals surface area contributed by atoms with E-state index in [-0.39, 0.29) is 0 Å². The fourth-order valence-corrected chi connectivity index (χ4v) is 1.77. The third kappa shape index (κ3) is 3.08. The molecule has 0 aliphatic rings. The van der Waals surface area contributed by atoms with E-state index in [0.29, 0.717) is 0 Å². The van der Waals surface area contributed by atoms with Gasteiger partial charge in [-0.3, -0.25) is 4.79 Å². The number of benzene rings is 2. The Morgan fingerprint density at radius 2 is 1.50 bits per heavy atom. The van der Waals surface area contributed by atoms with Gasteiger partial charge in [-0.2, -0.15) is 0 Å². The zero-order valence-corrected chi connectivity index (χ0v) is 9.86. The number of carboxylic acid groups (broad SMARTS) is 1. The van der Waals surface area contributed by atoms with E-state index < -0.39 is 11.9 Å². The highest BCUT2D eigenvalue weighted by Crippen LogP contribution is 2.18. The van der Waals surface area contributed by atoms with Gasteiger partial charge in [0.1, 0.15) is 5.92 Å². The minimum atomic E-state index is -0.839. The molecule has 0 radical (unpaired) electrons. The molecule has 0 aliphatic carbocycles. The molecular formula is C16H14O2. The van der Waals surface area contributed by atoms with Gasteiger partial charge >= 0.3 is 5.97 Å². The summed E-state index contributed by atoms with van der Waals surface area (Å²) in [5.74, 6) is -1.44. The lowest BCUT2D eigenvalue weighted by Gasteiger charge is -2.07. The van der Waals surface area contributed by atoms with Gasteiger partial charge in [-0.1, -0.05) is 72.8 Å². The first-order valence-electron chi connectivity index (χ1n) is 5.78. The van der Waals surface area contributed by atoms with E-state index in [2.05, 4.69) is 0 Å². The van der Waals surface area contributed by atoms with Crippen molar-refractivity contribution < 1.29 is 9.90 Å². The van der Waals surface area contributed by atoms with E-state index in [1.807, 2.05) is 66.7 Å². The van der Waals surface area contributed by atoms with E-state index in [4.69, 9.17) is 0 Å².